The van der Waals surface area contributed by atoms with E-state index in [1.54, 1.807) is 0 Å². The monoisotopic (exact) mass is 1540 g/mol. The van der Waals surface area contributed by atoms with Crippen LogP contribution in [-0.4, -0.2) is 51.5 Å². The van der Waals surface area contributed by atoms with E-state index < -0.39 is 16.2 Å². The van der Waals surface area contributed by atoms with Crippen molar-refractivity contribution in [3.63, 3.8) is 0 Å². The molecule has 12 fully saturated rings. The minimum Gasteiger partial charge on any atom is -0.426 e. The summed E-state index contributed by atoms with van der Waals surface area (Å²) in [6, 6.07) is 13.8. The predicted octanol–water partition coefficient (Wildman–Crippen LogP) is 24.6. The molecule has 0 saturated heterocycles. The molecule has 620 valence electrons. The number of hydrogen-bond acceptors (Lipinski definition) is 9. The van der Waals surface area contributed by atoms with Crippen molar-refractivity contribution in [1.29, 1.82) is 0 Å². The summed E-state index contributed by atoms with van der Waals surface area (Å²) in [5.74, 6) is 6.27. The fraction of sp³-hybridized carbons (Fsp3) is 0.779. The van der Waals surface area contributed by atoms with Crippen LogP contribution in [0.2, 0.25) is 0 Å². The molecule has 9 heteroatoms. The van der Waals surface area contributed by atoms with Gasteiger partial charge in [0.05, 0.1) is 34.6 Å². The van der Waals surface area contributed by atoms with Gasteiger partial charge in [0.2, 0.25) is 0 Å². The Morgan fingerprint density at radius 1 is 0.327 bits per heavy atom. The van der Waals surface area contributed by atoms with E-state index in [0.29, 0.717) is 76.4 Å². The zero-order valence-corrected chi connectivity index (χ0v) is 74.2. The van der Waals surface area contributed by atoms with Crippen LogP contribution in [0.15, 0.2) is 77.4 Å². The Bertz CT molecular complexity index is 4100. The van der Waals surface area contributed by atoms with E-state index in [9.17, 15) is 15.3 Å². The number of ether oxygens (including phenoxy) is 3. The van der Waals surface area contributed by atoms with Crippen LogP contribution in [0.1, 0.15) is 330 Å². The van der Waals surface area contributed by atoms with Crippen molar-refractivity contribution in [3.8, 4) is 17.2 Å². The van der Waals surface area contributed by atoms with Gasteiger partial charge in [-0.05, 0) is 363 Å². The maximum absolute atomic E-state index is 16.3. The minimum absolute atomic E-state index is 0.0275. The third kappa shape index (κ3) is 10.9. The van der Waals surface area contributed by atoms with Gasteiger partial charge < -0.3 is 29.5 Å². The van der Waals surface area contributed by atoms with Crippen LogP contribution in [0, 0.1) is 170 Å². The van der Waals surface area contributed by atoms with E-state index in [1.807, 2.05) is 42.5 Å². The zero-order valence-electron chi connectivity index (χ0n) is 74.2. The molecule has 0 aliphatic heterocycles. The number of aliphatic hydroxyl groups excluding tert-OH is 3. The van der Waals surface area contributed by atoms with Crippen LogP contribution in [-0.2, 0) is 14.4 Å². The first-order chi connectivity index (χ1) is 52.9. The van der Waals surface area contributed by atoms with Gasteiger partial charge in [-0.15, -0.1) is 0 Å². The van der Waals surface area contributed by atoms with E-state index in [0.717, 1.165) is 184 Å². The number of benzene rings is 2. The normalized spacial score (nSPS) is 50.2. The van der Waals surface area contributed by atoms with Crippen LogP contribution >= 0.6 is 0 Å². The molecule has 0 heterocycles. The average Bonchev–Trinajstić information content (AvgIpc) is 0.683. The van der Waals surface area contributed by atoms with E-state index in [2.05, 4.69) is 176 Å². The average molecular weight is 1540 g/mol. The lowest BCUT2D eigenvalue weighted by Crippen LogP contribution is -2.65. The number of hydrogen-bond donors (Lipinski definition) is 3. The molecule has 0 spiro atoms. The summed E-state index contributed by atoms with van der Waals surface area (Å²) in [6.45, 7) is 51.9. The lowest BCUT2D eigenvalue weighted by Gasteiger charge is -2.71. The number of carbonyl (C=O) groups excluding carboxylic acids is 3. The lowest BCUT2D eigenvalue weighted by molar-refractivity contribution is -0.206. The molecule has 17 rings (SSSR count). The summed E-state index contributed by atoms with van der Waals surface area (Å²) in [6.07, 6.45) is 37.4. The lowest BCUT2D eigenvalue weighted by atomic mass is 9.33. The first-order valence-corrected chi connectivity index (χ1v) is 46.6. The number of allylic oxidation sites excluding steroid dienone is 6. The number of aliphatic hydroxyl groups is 3. The van der Waals surface area contributed by atoms with Crippen molar-refractivity contribution in [2.75, 3.05) is 0 Å². The van der Waals surface area contributed by atoms with Gasteiger partial charge in [0.1, 0.15) is 17.2 Å². The summed E-state index contributed by atoms with van der Waals surface area (Å²) < 4.78 is 21.0. The van der Waals surface area contributed by atoms with Crippen LogP contribution in [0.5, 0.6) is 17.2 Å². The Balaban J connectivity index is 0.681. The SMILES string of the molecule is C[C@@H]1CC[C@]2(C(=O)Oc3cc(/C=C/c4ccc(OC(=O)[C@@]56CC[C@H](C)[C@@H](C)C5C5=CCC7[C@]8(C)CC[C@@H](O)C(C)(C)C8CC[C@]7(C)[C@@]5(C)CC6)cc4)cc(OC(=O)[C@]45CC[C@@H](C)[C@H](C)C4C4=CCC6[C@@]7(C)CC[C@H](O)C(C)(C)C7CC[C@@]6(C)[C@]4(C)CC5)c3)CC[C@]3(C)C(=CCC4[C@@]5(C)CC[C@H](O)C(C)(C)C5CC[C@]43C)C2[C@H]1C. The van der Waals surface area contributed by atoms with Crippen molar-refractivity contribution in [2.24, 2.45) is 170 Å². The zero-order chi connectivity index (χ0) is 80.9. The third-order valence-corrected chi connectivity index (χ3v) is 43.0. The first kappa shape index (κ1) is 81.1. The van der Waals surface area contributed by atoms with Crippen LogP contribution in [0.3, 0.4) is 0 Å². The highest BCUT2D eigenvalue weighted by Crippen LogP contribution is 2.81. The molecule has 2 aromatic rings. The second kappa shape index (κ2) is 26.6. The molecule has 0 radical (unpaired) electrons. The van der Waals surface area contributed by atoms with Gasteiger partial charge >= 0.3 is 17.9 Å². The van der Waals surface area contributed by atoms with Crippen molar-refractivity contribution in [2.45, 2.75) is 337 Å². The molecule has 9 unspecified atom stereocenters. The summed E-state index contributed by atoms with van der Waals surface area (Å²) in [7, 11) is 0. The van der Waals surface area contributed by atoms with Gasteiger partial charge in [0.15, 0.2) is 0 Å². The van der Waals surface area contributed by atoms with E-state index >= 15 is 14.4 Å². The molecular weight excluding hydrogens is 1390 g/mol. The highest BCUT2D eigenvalue weighted by atomic mass is 16.6. The maximum Gasteiger partial charge on any atom is 0.318 e. The van der Waals surface area contributed by atoms with Gasteiger partial charge in [0, 0.05) is 6.07 Å². The van der Waals surface area contributed by atoms with Crippen LogP contribution in [0.4, 0.5) is 0 Å². The standard InChI is InChI=1S/C104H150O9/c1-61-34-49-102(55-52-96(16)72(84(102)64(61)4)28-31-78-93(13)43-40-81(105)90(7,8)75(93)37-46-99(78,96)19)87(108)111-69-26-24-67(25-27-69)22-23-68-58-70(112-88(109)103-50-35-62(2)65(5)85(103)73-29-32-79-94(14)44-41-82(106)91(9,10)76(94)38-47-100(79,20)97(73,17)53-56-103)60-71(59-68)113-89(110)104-51-36-63(3)66(6)86(104)74-30-33-80-95(15)45-42-83(107)92(11,12)77(95)39-48-101(80,21)98(74,18)54-57-104/h22-30,58-66,75-86,105-107H,31-57H2,1-21H3/b23-22+/t61-,62+,63+,64+,65-,66-,75?,76?,77?,78?,79?,80?,81+,82-,83-,84?,85?,86?,93+,94-,95-,96-,97+,98+,99-,100+,101+,102+,103-,104-/m0/s1. The molecule has 0 amide bonds. The molecule has 0 aromatic heterocycles. The molecule has 12 saturated carbocycles. The Kier molecular flexibility index (Phi) is 19.1. The highest BCUT2D eigenvalue weighted by Gasteiger charge is 2.75. The van der Waals surface area contributed by atoms with Gasteiger partial charge in [-0.25, -0.2) is 0 Å². The smallest absolute Gasteiger partial charge is 0.318 e. The molecule has 3 N–H and O–H groups in total. The van der Waals surface area contributed by atoms with E-state index in [-0.39, 0.29) is 131 Å². The Labute approximate surface area is 682 Å². The van der Waals surface area contributed by atoms with Gasteiger partial charge in [-0.1, -0.05) is 205 Å². The summed E-state index contributed by atoms with van der Waals surface area (Å²) in [5.41, 5.74) is 4.09. The number of fused-ring (bicyclic) bond motifs is 21. The van der Waals surface area contributed by atoms with Crippen molar-refractivity contribution in [3.05, 3.63) is 88.5 Å². The third-order valence-electron chi connectivity index (χ3n) is 43.0. The molecule has 9 nitrogen and oxygen atoms in total. The predicted molar refractivity (Wildman–Crippen MR) is 454 cm³/mol. The first-order valence-electron chi connectivity index (χ1n) is 46.6. The fourth-order valence-corrected chi connectivity index (χ4v) is 34.8. The van der Waals surface area contributed by atoms with E-state index in [1.165, 1.54) is 16.7 Å². The van der Waals surface area contributed by atoms with Gasteiger partial charge in [0.25, 0.3) is 0 Å². The molecule has 0 bridgehead atoms. The number of esters is 3. The van der Waals surface area contributed by atoms with Crippen LogP contribution in [0.25, 0.3) is 12.2 Å². The summed E-state index contributed by atoms with van der Waals surface area (Å²) in [4.78, 5) is 48.1. The molecule has 15 aliphatic carbocycles. The molecule has 30 atom stereocenters. The Morgan fingerprint density at radius 3 is 0.929 bits per heavy atom. The second-order valence-electron chi connectivity index (χ2n) is 47.3. The molecular formula is C104H150O9. The summed E-state index contributed by atoms with van der Waals surface area (Å²) >= 11 is 0. The number of carbonyl (C=O) groups is 3. The quantitative estimate of drug-likeness (QED) is 0.102. The topological polar surface area (TPSA) is 140 Å². The second-order valence-corrected chi connectivity index (χ2v) is 47.3. The Morgan fingerprint density at radius 2 is 0.619 bits per heavy atom. The van der Waals surface area contributed by atoms with Crippen LogP contribution < -0.4 is 14.2 Å². The van der Waals surface area contributed by atoms with Crippen molar-refractivity contribution >= 4 is 30.1 Å². The fourth-order valence-electron chi connectivity index (χ4n) is 34.8. The van der Waals surface area contributed by atoms with Crippen molar-refractivity contribution in [1.82, 2.24) is 0 Å². The molecule has 15 aliphatic rings. The van der Waals surface area contributed by atoms with Gasteiger partial charge in [-0.3, -0.25) is 14.4 Å². The maximum atomic E-state index is 16.3. The van der Waals surface area contributed by atoms with Gasteiger partial charge in [-0.2, -0.15) is 0 Å². The Hall–Kier alpha value is -4.31. The molecule has 113 heavy (non-hydrogen) atoms. The largest absolute Gasteiger partial charge is 0.426 e. The van der Waals surface area contributed by atoms with E-state index in [4.69, 9.17) is 14.2 Å². The molecule has 2 aromatic carbocycles. The summed E-state index contributed by atoms with van der Waals surface area (Å²) in [5, 5.41) is 34.4. The minimum atomic E-state index is -0.728. The number of rotatable bonds is 8. The van der Waals surface area contributed by atoms with Crippen molar-refractivity contribution < 1.29 is 43.9 Å². The highest BCUT2D eigenvalue weighted by molar-refractivity contribution is 5.84.